The molecule has 146 valence electrons. The third kappa shape index (κ3) is 4.28. The number of halogens is 2. The summed E-state index contributed by atoms with van der Waals surface area (Å²) in [6.45, 7) is 8.60. The molecule has 1 N–H and O–H groups in total. The third-order valence-corrected chi connectivity index (χ3v) is 4.58. The van der Waals surface area contributed by atoms with E-state index in [-0.39, 0.29) is 11.7 Å². The predicted octanol–water partition coefficient (Wildman–Crippen LogP) is 4.87. The van der Waals surface area contributed by atoms with Gasteiger partial charge in [-0.3, -0.25) is 0 Å². The lowest BCUT2D eigenvalue weighted by molar-refractivity contribution is 0.357. The molecule has 1 unspecified atom stereocenters. The van der Waals surface area contributed by atoms with E-state index >= 15 is 0 Å². The Bertz CT molecular complexity index is 968. The van der Waals surface area contributed by atoms with Gasteiger partial charge in [-0.25, -0.2) is 13.5 Å². The first-order valence-electron chi connectivity index (χ1n) is 9.06. The van der Waals surface area contributed by atoms with Crippen molar-refractivity contribution in [1.82, 2.24) is 15.1 Å². The fourth-order valence-corrected chi connectivity index (χ4v) is 3.06. The number of ether oxygens (including phenoxy) is 1. The molecule has 2 aromatic carbocycles. The minimum atomic E-state index is -0.647. The van der Waals surface area contributed by atoms with E-state index in [1.54, 1.807) is 12.3 Å². The summed E-state index contributed by atoms with van der Waals surface area (Å²) >= 11 is 0. The van der Waals surface area contributed by atoms with Crippen molar-refractivity contribution >= 4 is 0 Å². The highest BCUT2D eigenvalue weighted by atomic mass is 19.1. The van der Waals surface area contributed by atoms with Gasteiger partial charge < -0.3 is 10.1 Å². The van der Waals surface area contributed by atoms with Gasteiger partial charge in [0.1, 0.15) is 23.9 Å². The average molecular weight is 383 g/mol. The minimum Gasteiger partial charge on any atom is -0.489 e. The Labute approximate surface area is 163 Å². The summed E-state index contributed by atoms with van der Waals surface area (Å²) in [5, 5.41) is 7.74. The van der Waals surface area contributed by atoms with Gasteiger partial charge in [0.05, 0.1) is 6.20 Å². The lowest BCUT2D eigenvalue weighted by Crippen LogP contribution is -2.19. The SMILES string of the molecule is C=CCOc1ccccc1CNC(C)c1cnn(-c2ccc(F)cc2F)c1C. The Hall–Kier alpha value is -2.99. The van der Waals surface area contributed by atoms with Crippen molar-refractivity contribution in [1.29, 1.82) is 0 Å². The zero-order valence-electron chi connectivity index (χ0n) is 16.0. The summed E-state index contributed by atoms with van der Waals surface area (Å²) < 4.78 is 34.5. The van der Waals surface area contributed by atoms with E-state index < -0.39 is 11.6 Å². The van der Waals surface area contributed by atoms with Crippen LogP contribution in [0.1, 0.15) is 29.8 Å². The van der Waals surface area contributed by atoms with Crippen LogP contribution in [0, 0.1) is 18.6 Å². The molecular formula is C22H23F2N3O. The van der Waals surface area contributed by atoms with Gasteiger partial charge in [0.25, 0.3) is 0 Å². The van der Waals surface area contributed by atoms with Gasteiger partial charge in [-0.1, -0.05) is 30.9 Å². The molecule has 4 nitrogen and oxygen atoms in total. The Morgan fingerprint density at radius 2 is 2.04 bits per heavy atom. The molecule has 0 bridgehead atoms. The van der Waals surface area contributed by atoms with Crippen molar-refractivity contribution < 1.29 is 13.5 Å². The highest BCUT2D eigenvalue weighted by Gasteiger charge is 2.17. The van der Waals surface area contributed by atoms with E-state index in [4.69, 9.17) is 4.74 Å². The second-order valence-electron chi connectivity index (χ2n) is 6.50. The summed E-state index contributed by atoms with van der Waals surface area (Å²) in [7, 11) is 0. The fraction of sp³-hybridized carbons (Fsp3) is 0.227. The molecule has 0 aliphatic rings. The molecule has 6 heteroatoms. The maximum Gasteiger partial charge on any atom is 0.151 e. The summed E-state index contributed by atoms with van der Waals surface area (Å²) in [6.07, 6.45) is 3.41. The lowest BCUT2D eigenvalue weighted by Gasteiger charge is -2.16. The highest BCUT2D eigenvalue weighted by Crippen LogP contribution is 2.24. The van der Waals surface area contributed by atoms with Crippen LogP contribution in [0.2, 0.25) is 0 Å². The third-order valence-electron chi connectivity index (χ3n) is 4.58. The predicted molar refractivity (Wildman–Crippen MR) is 106 cm³/mol. The Morgan fingerprint density at radius 3 is 2.79 bits per heavy atom. The molecule has 0 fully saturated rings. The molecule has 0 saturated heterocycles. The van der Waals surface area contributed by atoms with E-state index in [0.29, 0.717) is 13.2 Å². The number of aromatic nitrogens is 2. The van der Waals surface area contributed by atoms with Crippen LogP contribution in [0.25, 0.3) is 5.69 Å². The van der Waals surface area contributed by atoms with Gasteiger partial charge in [-0.05, 0) is 32.0 Å². The molecule has 3 rings (SSSR count). The zero-order valence-corrected chi connectivity index (χ0v) is 16.0. The normalized spacial score (nSPS) is 12.0. The highest BCUT2D eigenvalue weighted by molar-refractivity contribution is 5.37. The van der Waals surface area contributed by atoms with Crippen molar-refractivity contribution in [2.75, 3.05) is 6.61 Å². The van der Waals surface area contributed by atoms with Crippen LogP contribution in [0.5, 0.6) is 5.75 Å². The fourth-order valence-electron chi connectivity index (χ4n) is 3.06. The monoisotopic (exact) mass is 383 g/mol. The first-order chi connectivity index (χ1) is 13.5. The smallest absolute Gasteiger partial charge is 0.151 e. The van der Waals surface area contributed by atoms with Gasteiger partial charge in [-0.2, -0.15) is 5.10 Å². The van der Waals surface area contributed by atoms with Gasteiger partial charge in [0, 0.05) is 35.5 Å². The molecule has 3 aromatic rings. The second kappa shape index (κ2) is 8.80. The molecule has 0 saturated carbocycles. The molecular weight excluding hydrogens is 360 g/mol. The zero-order chi connectivity index (χ0) is 20.1. The minimum absolute atomic E-state index is 0.0234. The van der Waals surface area contributed by atoms with Crippen LogP contribution in [0.15, 0.2) is 61.3 Å². The van der Waals surface area contributed by atoms with Crippen LogP contribution in [0.4, 0.5) is 8.78 Å². The Balaban J connectivity index is 1.75. The number of nitrogens with one attached hydrogen (secondary N) is 1. The molecule has 0 aliphatic heterocycles. The molecule has 0 radical (unpaired) electrons. The van der Waals surface area contributed by atoms with E-state index in [1.165, 1.54) is 16.8 Å². The molecule has 28 heavy (non-hydrogen) atoms. The number of para-hydroxylation sites is 1. The Morgan fingerprint density at radius 1 is 1.25 bits per heavy atom. The molecule has 0 spiro atoms. The van der Waals surface area contributed by atoms with Crippen LogP contribution >= 0.6 is 0 Å². The van der Waals surface area contributed by atoms with Crippen LogP contribution in [-0.4, -0.2) is 16.4 Å². The van der Waals surface area contributed by atoms with Crippen molar-refractivity contribution in [2.24, 2.45) is 0 Å². The van der Waals surface area contributed by atoms with E-state index in [0.717, 1.165) is 28.6 Å². The number of nitrogens with zero attached hydrogens (tertiary/aromatic N) is 2. The van der Waals surface area contributed by atoms with Crippen LogP contribution in [-0.2, 0) is 6.54 Å². The standard InChI is InChI=1S/C22H23F2N3O/c1-4-11-28-22-8-6-5-7-17(22)13-25-15(2)19-14-26-27(16(19)3)21-10-9-18(23)12-20(21)24/h4-10,12,14-15,25H,1,11,13H2,2-3H3. The lowest BCUT2D eigenvalue weighted by atomic mass is 10.1. The summed E-state index contributed by atoms with van der Waals surface area (Å²) in [5.41, 5.74) is 2.99. The van der Waals surface area contributed by atoms with E-state index in [1.807, 2.05) is 38.1 Å². The number of hydrogen-bond acceptors (Lipinski definition) is 3. The van der Waals surface area contributed by atoms with E-state index in [2.05, 4.69) is 17.0 Å². The average Bonchev–Trinajstić information content (AvgIpc) is 3.06. The van der Waals surface area contributed by atoms with Crippen molar-refractivity contribution in [3.8, 4) is 11.4 Å². The van der Waals surface area contributed by atoms with Crippen LogP contribution < -0.4 is 10.1 Å². The largest absolute Gasteiger partial charge is 0.489 e. The van der Waals surface area contributed by atoms with Crippen molar-refractivity contribution in [3.63, 3.8) is 0 Å². The second-order valence-corrected chi connectivity index (χ2v) is 6.50. The maximum atomic E-state index is 14.1. The summed E-state index contributed by atoms with van der Waals surface area (Å²) in [6, 6.07) is 11.3. The molecule has 1 atom stereocenters. The summed E-state index contributed by atoms with van der Waals surface area (Å²) in [5.74, 6) is -0.451. The van der Waals surface area contributed by atoms with E-state index in [9.17, 15) is 8.78 Å². The first-order valence-corrected chi connectivity index (χ1v) is 9.06. The van der Waals surface area contributed by atoms with Crippen LogP contribution in [0.3, 0.4) is 0 Å². The quantitative estimate of drug-likeness (QED) is 0.564. The maximum absolute atomic E-state index is 14.1. The Kier molecular flexibility index (Phi) is 6.21. The van der Waals surface area contributed by atoms with Gasteiger partial charge in [-0.15, -0.1) is 0 Å². The molecule has 0 aliphatic carbocycles. The summed E-state index contributed by atoms with van der Waals surface area (Å²) in [4.78, 5) is 0. The molecule has 1 heterocycles. The van der Waals surface area contributed by atoms with Crippen molar-refractivity contribution in [2.45, 2.75) is 26.4 Å². The van der Waals surface area contributed by atoms with Gasteiger partial charge in [0.2, 0.25) is 0 Å². The first kappa shape index (κ1) is 19.8. The number of hydrogen-bond donors (Lipinski definition) is 1. The number of benzene rings is 2. The molecule has 1 aromatic heterocycles. The van der Waals surface area contributed by atoms with Crippen molar-refractivity contribution in [3.05, 3.63) is 89.8 Å². The molecule has 0 amide bonds. The topological polar surface area (TPSA) is 39.1 Å². The van der Waals surface area contributed by atoms with Gasteiger partial charge in [0.15, 0.2) is 5.82 Å². The number of rotatable bonds is 8. The van der Waals surface area contributed by atoms with Gasteiger partial charge >= 0.3 is 0 Å².